The van der Waals surface area contributed by atoms with Crippen molar-refractivity contribution in [2.24, 2.45) is 0 Å². The molecule has 172 valence electrons. The van der Waals surface area contributed by atoms with Crippen LogP contribution in [0.5, 0.6) is 0 Å². The van der Waals surface area contributed by atoms with Crippen molar-refractivity contribution in [2.45, 2.75) is 62.5 Å². The number of halogens is 2. The van der Waals surface area contributed by atoms with Gasteiger partial charge in [-0.2, -0.15) is 0 Å². The van der Waals surface area contributed by atoms with E-state index in [1.807, 2.05) is 24.3 Å². The molecule has 1 saturated carbocycles. The van der Waals surface area contributed by atoms with Crippen LogP contribution in [-0.2, 0) is 17.6 Å². The third-order valence-corrected chi connectivity index (χ3v) is 7.97. The molecule has 0 spiro atoms. The number of hydrogen-bond acceptors (Lipinski definition) is 3. The van der Waals surface area contributed by atoms with E-state index in [0.29, 0.717) is 23.0 Å². The summed E-state index contributed by atoms with van der Waals surface area (Å²) in [6.07, 6.45) is 6.66. The number of rotatable bonds is 7. The van der Waals surface area contributed by atoms with Gasteiger partial charge in [0.2, 0.25) is 5.91 Å². The van der Waals surface area contributed by atoms with Gasteiger partial charge in [-0.05, 0) is 74.9 Å². The van der Waals surface area contributed by atoms with Crippen molar-refractivity contribution in [3.63, 3.8) is 0 Å². The molecule has 32 heavy (non-hydrogen) atoms. The zero-order valence-electron chi connectivity index (χ0n) is 18.5. The molecule has 0 bridgehead atoms. The monoisotopic (exact) mass is 474 g/mol. The van der Waals surface area contributed by atoms with Gasteiger partial charge in [0, 0.05) is 18.5 Å². The van der Waals surface area contributed by atoms with Gasteiger partial charge in [-0.25, -0.2) is 0 Å². The Balaban J connectivity index is 1.39. The van der Waals surface area contributed by atoms with Crippen molar-refractivity contribution < 1.29 is 9.90 Å². The molecule has 4 rings (SSSR count). The Morgan fingerprint density at radius 1 is 0.938 bits per heavy atom. The molecule has 0 atom stereocenters. The first-order valence-electron chi connectivity index (χ1n) is 11.6. The van der Waals surface area contributed by atoms with Gasteiger partial charge in [-0.15, -0.1) is 0 Å². The van der Waals surface area contributed by atoms with Gasteiger partial charge in [0.05, 0.1) is 22.1 Å². The molecule has 1 aliphatic carbocycles. The van der Waals surface area contributed by atoms with Crippen molar-refractivity contribution in [1.29, 1.82) is 0 Å². The highest BCUT2D eigenvalue weighted by Gasteiger charge is 2.45. The summed E-state index contributed by atoms with van der Waals surface area (Å²) >= 11 is 12.1. The van der Waals surface area contributed by atoms with Crippen LogP contribution in [0.15, 0.2) is 48.5 Å². The lowest BCUT2D eigenvalue weighted by Gasteiger charge is -2.49. The average Bonchev–Trinajstić information content (AvgIpc) is 3.33. The Morgan fingerprint density at radius 3 is 2.28 bits per heavy atom. The molecule has 2 aromatic rings. The molecule has 2 fully saturated rings. The minimum Gasteiger partial charge on any atom is -0.390 e. The number of benzene rings is 2. The van der Waals surface area contributed by atoms with E-state index in [9.17, 15) is 9.90 Å². The van der Waals surface area contributed by atoms with Gasteiger partial charge in [0.25, 0.3) is 0 Å². The lowest BCUT2D eigenvalue weighted by atomic mass is 9.71. The predicted octanol–water partition coefficient (Wildman–Crippen LogP) is 5.03. The summed E-state index contributed by atoms with van der Waals surface area (Å²) in [6, 6.07) is 15.6. The largest absolute Gasteiger partial charge is 0.390 e. The molecule has 4 nitrogen and oxygen atoms in total. The van der Waals surface area contributed by atoms with Gasteiger partial charge in [0.1, 0.15) is 0 Å². The van der Waals surface area contributed by atoms with E-state index in [4.69, 9.17) is 23.2 Å². The van der Waals surface area contributed by atoms with Gasteiger partial charge in [-0.1, -0.05) is 59.6 Å². The molecule has 1 amide bonds. The summed E-state index contributed by atoms with van der Waals surface area (Å²) in [6.45, 7) is 2.76. The Bertz CT molecular complexity index is 921. The molecule has 0 unspecified atom stereocenters. The lowest BCUT2D eigenvalue weighted by Crippen LogP contribution is -2.59. The summed E-state index contributed by atoms with van der Waals surface area (Å²) in [4.78, 5) is 15.3. The van der Waals surface area contributed by atoms with E-state index in [1.165, 1.54) is 18.4 Å². The third-order valence-electron chi connectivity index (χ3n) is 7.23. The summed E-state index contributed by atoms with van der Waals surface area (Å²) in [5.74, 6) is -0.00733. The molecular formula is C26H32Cl2N2O2. The molecule has 2 aliphatic rings. The summed E-state index contributed by atoms with van der Waals surface area (Å²) in [7, 11) is 0. The van der Waals surface area contributed by atoms with Gasteiger partial charge >= 0.3 is 0 Å². The van der Waals surface area contributed by atoms with Crippen molar-refractivity contribution in [3.8, 4) is 0 Å². The van der Waals surface area contributed by atoms with Crippen LogP contribution in [0.4, 0.5) is 0 Å². The molecule has 1 saturated heterocycles. The highest BCUT2D eigenvalue weighted by atomic mass is 35.5. The van der Waals surface area contributed by atoms with Crippen molar-refractivity contribution in [3.05, 3.63) is 69.7 Å². The van der Waals surface area contributed by atoms with Gasteiger partial charge < -0.3 is 10.4 Å². The Morgan fingerprint density at radius 2 is 1.62 bits per heavy atom. The normalized spacial score (nSPS) is 26.2. The first-order valence-corrected chi connectivity index (χ1v) is 12.4. The van der Waals surface area contributed by atoms with Crippen LogP contribution < -0.4 is 5.32 Å². The van der Waals surface area contributed by atoms with E-state index < -0.39 is 5.60 Å². The maximum atomic E-state index is 12.7. The number of nitrogens with one attached hydrogen (secondary N) is 1. The standard InChI is InChI=1S/C26H32Cl2N2O2/c27-22-9-8-21(16-23(22)28)17-24(31)29-19-25(30-14-4-5-15-30)10-12-26(32,13-11-25)18-20-6-2-1-3-7-20/h1-3,6-9,16,32H,4-5,10-15,17-19H2,(H,29,31). The quantitative estimate of drug-likeness (QED) is 0.591. The molecule has 6 heteroatoms. The summed E-state index contributed by atoms with van der Waals surface area (Å²) < 4.78 is 0. The van der Waals surface area contributed by atoms with E-state index in [2.05, 4.69) is 22.3 Å². The fourth-order valence-electron chi connectivity index (χ4n) is 5.29. The average molecular weight is 475 g/mol. The lowest BCUT2D eigenvalue weighted by molar-refractivity contribution is -0.121. The van der Waals surface area contributed by atoms with Gasteiger partial charge in [-0.3, -0.25) is 9.69 Å². The number of carbonyl (C=O) groups excluding carboxylic acids is 1. The number of hydrogen-bond donors (Lipinski definition) is 2. The second-order valence-corrected chi connectivity index (χ2v) is 10.3. The summed E-state index contributed by atoms with van der Waals surface area (Å²) in [5, 5.41) is 15.4. The highest BCUT2D eigenvalue weighted by molar-refractivity contribution is 6.42. The minimum atomic E-state index is -0.672. The number of amides is 1. The Kier molecular flexibility index (Phi) is 7.46. The first-order chi connectivity index (χ1) is 15.4. The molecule has 1 aliphatic heterocycles. The van der Waals surface area contributed by atoms with Gasteiger partial charge in [0.15, 0.2) is 0 Å². The molecule has 0 aromatic heterocycles. The van der Waals surface area contributed by atoms with E-state index in [1.54, 1.807) is 12.1 Å². The van der Waals surface area contributed by atoms with E-state index >= 15 is 0 Å². The SMILES string of the molecule is O=C(Cc1ccc(Cl)c(Cl)c1)NCC1(N2CCCC2)CCC(O)(Cc2ccccc2)CC1. The second kappa shape index (κ2) is 10.1. The molecule has 0 radical (unpaired) electrons. The number of nitrogens with zero attached hydrogens (tertiary/aromatic N) is 1. The fraction of sp³-hybridized carbons (Fsp3) is 0.500. The smallest absolute Gasteiger partial charge is 0.224 e. The van der Waals surface area contributed by atoms with Crippen LogP contribution in [0.1, 0.15) is 49.7 Å². The van der Waals surface area contributed by atoms with Crippen LogP contribution in [-0.4, -0.2) is 46.7 Å². The van der Waals surface area contributed by atoms with Crippen LogP contribution in [0, 0.1) is 0 Å². The molecule has 1 heterocycles. The molecule has 2 N–H and O–H groups in total. The maximum Gasteiger partial charge on any atom is 0.224 e. The third kappa shape index (κ3) is 5.66. The minimum absolute atomic E-state index is 0.00733. The van der Waals surface area contributed by atoms with Crippen molar-refractivity contribution in [1.82, 2.24) is 10.2 Å². The summed E-state index contributed by atoms with van der Waals surface area (Å²) in [5.41, 5.74) is 1.29. The van der Waals surface area contributed by atoms with Crippen LogP contribution in [0.25, 0.3) is 0 Å². The number of aliphatic hydroxyl groups is 1. The van der Waals surface area contributed by atoms with Crippen LogP contribution >= 0.6 is 23.2 Å². The predicted molar refractivity (Wildman–Crippen MR) is 130 cm³/mol. The van der Waals surface area contributed by atoms with Crippen molar-refractivity contribution in [2.75, 3.05) is 19.6 Å². The van der Waals surface area contributed by atoms with E-state index in [-0.39, 0.29) is 17.9 Å². The highest BCUT2D eigenvalue weighted by Crippen LogP contribution is 2.41. The Hall–Kier alpha value is -1.59. The maximum absolute atomic E-state index is 12.7. The molecule has 2 aromatic carbocycles. The van der Waals surface area contributed by atoms with Crippen LogP contribution in [0.2, 0.25) is 10.0 Å². The zero-order valence-corrected chi connectivity index (χ0v) is 20.0. The fourth-order valence-corrected chi connectivity index (χ4v) is 5.61. The van der Waals surface area contributed by atoms with E-state index in [0.717, 1.165) is 44.3 Å². The second-order valence-electron chi connectivity index (χ2n) is 9.51. The topological polar surface area (TPSA) is 52.6 Å². The number of carbonyl (C=O) groups is 1. The van der Waals surface area contributed by atoms with Crippen molar-refractivity contribution >= 4 is 29.1 Å². The first kappa shape index (κ1) is 23.6. The number of likely N-dealkylation sites (tertiary alicyclic amines) is 1. The van der Waals surface area contributed by atoms with Crippen LogP contribution in [0.3, 0.4) is 0 Å². The molecular weight excluding hydrogens is 443 g/mol. The Labute approximate surface area is 200 Å². The zero-order chi connectivity index (χ0) is 22.6.